The molecule has 2 saturated carbocycles. The van der Waals surface area contributed by atoms with E-state index in [1.165, 1.54) is 19.3 Å². The zero-order valence-electron chi connectivity index (χ0n) is 13.7. The highest BCUT2D eigenvalue weighted by Crippen LogP contribution is 2.74. The normalized spacial score (nSPS) is 34.2. The molecule has 4 atom stereocenters. The van der Waals surface area contributed by atoms with Gasteiger partial charge in [-0.2, -0.15) is 0 Å². The van der Waals surface area contributed by atoms with E-state index in [2.05, 4.69) is 48.5 Å². The fourth-order valence-corrected chi connectivity index (χ4v) is 5.07. The van der Waals surface area contributed by atoms with Crippen molar-refractivity contribution in [2.75, 3.05) is 0 Å². The van der Waals surface area contributed by atoms with Crippen LogP contribution in [0.5, 0.6) is 0 Å². The van der Waals surface area contributed by atoms with Crippen molar-refractivity contribution in [3.05, 3.63) is 0 Å². The molecule has 2 aliphatic rings. The summed E-state index contributed by atoms with van der Waals surface area (Å²) in [6.45, 7) is 17.3. The van der Waals surface area contributed by atoms with Crippen LogP contribution in [0.3, 0.4) is 0 Å². The maximum absolute atomic E-state index is 2.56. The van der Waals surface area contributed by atoms with Crippen molar-refractivity contribution in [3.63, 3.8) is 0 Å². The second-order valence-electron chi connectivity index (χ2n) is 8.70. The second kappa shape index (κ2) is 4.53. The van der Waals surface area contributed by atoms with Crippen molar-refractivity contribution in [1.82, 2.24) is 0 Å². The maximum Gasteiger partial charge on any atom is -0.0235 e. The Kier molecular flexibility index (Phi) is 3.63. The molecule has 0 heteroatoms. The Morgan fingerprint density at radius 1 is 1.11 bits per heavy atom. The molecule has 0 aliphatic heterocycles. The van der Waals surface area contributed by atoms with E-state index >= 15 is 0 Å². The monoisotopic (exact) mass is 250 g/mol. The van der Waals surface area contributed by atoms with Crippen LogP contribution in [-0.2, 0) is 0 Å². The van der Waals surface area contributed by atoms with Gasteiger partial charge in [-0.15, -0.1) is 0 Å². The molecule has 0 aromatic rings. The summed E-state index contributed by atoms with van der Waals surface area (Å²) in [5.74, 6) is 4.55. The van der Waals surface area contributed by atoms with Crippen LogP contribution in [0.1, 0.15) is 74.1 Å². The highest BCUT2D eigenvalue weighted by Gasteiger charge is 2.66. The van der Waals surface area contributed by atoms with Crippen molar-refractivity contribution in [2.45, 2.75) is 74.1 Å². The largest absolute Gasteiger partial charge is 0.0628 e. The van der Waals surface area contributed by atoms with Gasteiger partial charge in [-0.1, -0.05) is 48.5 Å². The molecule has 2 rings (SSSR count). The lowest BCUT2D eigenvalue weighted by molar-refractivity contribution is 0.00263. The zero-order chi connectivity index (χ0) is 13.7. The van der Waals surface area contributed by atoms with E-state index in [9.17, 15) is 0 Å². The molecule has 0 spiro atoms. The molecular weight excluding hydrogens is 216 g/mol. The third-order valence-corrected chi connectivity index (χ3v) is 6.70. The average molecular weight is 250 g/mol. The Labute approximate surface area is 115 Å². The van der Waals surface area contributed by atoms with E-state index < -0.39 is 0 Å². The Hall–Kier alpha value is 0. The van der Waals surface area contributed by atoms with Gasteiger partial charge in [-0.3, -0.25) is 0 Å². The molecule has 4 unspecified atom stereocenters. The van der Waals surface area contributed by atoms with E-state index in [1.807, 2.05) is 0 Å². The van der Waals surface area contributed by atoms with Crippen LogP contribution in [0.15, 0.2) is 0 Å². The molecule has 0 saturated heterocycles. The second-order valence-corrected chi connectivity index (χ2v) is 8.70. The van der Waals surface area contributed by atoms with Crippen molar-refractivity contribution >= 4 is 0 Å². The highest BCUT2D eigenvalue weighted by atomic mass is 14.7. The van der Waals surface area contributed by atoms with Crippen molar-refractivity contribution in [3.8, 4) is 0 Å². The van der Waals surface area contributed by atoms with Crippen LogP contribution in [0, 0.1) is 40.4 Å². The molecule has 0 aromatic heterocycles. The number of rotatable bonds is 6. The lowest BCUT2D eigenvalue weighted by Gasteiger charge is -2.48. The van der Waals surface area contributed by atoms with Crippen LogP contribution >= 0.6 is 0 Å². The molecule has 0 N–H and O–H groups in total. The summed E-state index contributed by atoms with van der Waals surface area (Å²) in [5, 5.41) is 0. The van der Waals surface area contributed by atoms with Crippen LogP contribution in [0.2, 0.25) is 0 Å². The van der Waals surface area contributed by atoms with Gasteiger partial charge in [0.05, 0.1) is 0 Å². The minimum atomic E-state index is 0.508. The quantitative estimate of drug-likeness (QED) is 0.561. The van der Waals surface area contributed by atoms with Crippen molar-refractivity contribution in [1.29, 1.82) is 0 Å². The molecule has 2 aliphatic carbocycles. The van der Waals surface area contributed by atoms with E-state index in [4.69, 9.17) is 0 Å². The van der Waals surface area contributed by atoms with E-state index in [1.54, 1.807) is 6.42 Å². The van der Waals surface area contributed by atoms with Crippen molar-refractivity contribution < 1.29 is 0 Å². The number of hydrogen-bond acceptors (Lipinski definition) is 0. The fraction of sp³-hybridized carbons (Fsp3) is 1.00. The van der Waals surface area contributed by atoms with Crippen LogP contribution < -0.4 is 0 Å². The molecule has 18 heavy (non-hydrogen) atoms. The lowest BCUT2D eigenvalue weighted by atomic mass is 9.56. The summed E-state index contributed by atoms with van der Waals surface area (Å²) in [4.78, 5) is 0. The van der Waals surface area contributed by atoms with Gasteiger partial charge in [0, 0.05) is 0 Å². The molecule has 0 bridgehead atoms. The maximum atomic E-state index is 2.56. The van der Waals surface area contributed by atoms with Gasteiger partial charge in [-0.25, -0.2) is 0 Å². The van der Waals surface area contributed by atoms with Crippen LogP contribution in [-0.4, -0.2) is 0 Å². The Morgan fingerprint density at radius 3 is 2.00 bits per heavy atom. The lowest BCUT2D eigenvalue weighted by Crippen LogP contribution is -2.41. The Bertz CT molecular complexity index is 295. The minimum absolute atomic E-state index is 0.508. The summed E-state index contributed by atoms with van der Waals surface area (Å²) in [7, 11) is 0. The van der Waals surface area contributed by atoms with Gasteiger partial charge < -0.3 is 0 Å². The summed E-state index contributed by atoms with van der Waals surface area (Å²) < 4.78 is 0. The Balaban J connectivity index is 2.11. The molecule has 0 radical (unpaired) electrons. The standard InChI is InChI=1S/C18H34/c1-12(2)10-16(13(3)4)17(6,7)14(5)18-9-8-15(18)11-18/h12-16H,8-11H2,1-7H3. The van der Waals surface area contributed by atoms with Gasteiger partial charge >= 0.3 is 0 Å². The molecular formula is C18H34. The van der Waals surface area contributed by atoms with Crippen molar-refractivity contribution in [2.24, 2.45) is 40.4 Å². The topological polar surface area (TPSA) is 0 Å². The highest BCUT2D eigenvalue weighted by molar-refractivity contribution is 5.15. The first-order chi connectivity index (χ1) is 8.21. The minimum Gasteiger partial charge on any atom is -0.0628 e. The average Bonchev–Trinajstić information content (AvgIpc) is 2.76. The summed E-state index contributed by atoms with van der Waals surface area (Å²) in [6, 6.07) is 0. The molecule has 0 nitrogen and oxygen atoms in total. The first-order valence-corrected chi connectivity index (χ1v) is 8.21. The van der Waals surface area contributed by atoms with E-state index in [0.717, 1.165) is 35.0 Å². The first kappa shape index (κ1) is 14.4. The number of hydrogen-bond donors (Lipinski definition) is 0. The van der Waals surface area contributed by atoms with E-state index in [-0.39, 0.29) is 0 Å². The summed E-state index contributed by atoms with van der Waals surface area (Å²) in [6.07, 6.45) is 5.99. The van der Waals surface area contributed by atoms with Gasteiger partial charge in [-0.05, 0) is 66.1 Å². The van der Waals surface area contributed by atoms with Gasteiger partial charge in [0.2, 0.25) is 0 Å². The zero-order valence-corrected chi connectivity index (χ0v) is 13.7. The fourth-order valence-electron chi connectivity index (χ4n) is 5.07. The SMILES string of the molecule is CC(C)CC(C(C)C)C(C)(C)C(C)C12CCC1C2. The first-order valence-electron chi connectivity index (χ1n) is 8.21. The van der Waals surface area contributed by atoms with E-state index in [0.29, 0.717) is 5.41 Å². The van der Waals surface area contributed by atoms with Crippen LogP contribution in [0.4, 0.5) is 0 Å². The third-order valence-electron chi connectivity index (χ3n) is 6.70. The number of fused-ring (bicyclic) bond motifs is 1. The smallest absolute Gasteiger partial charge is 0.0235 e. The predicted molar refractivity (Wildman–Crippen MR) is 80.5 cm³/mol. The molecule has 0 heterocycles. The summed E-state index contributed by atoms with van der Waals surface area (Å²) >= 11 is 0. The predicted octanol–water partition coefficient (Wildman–Crippen LogP) is 5.77. The van der Waals surface area contributed by atoms with Crippen LogP contribution in [0.25, 0.3) is 0 Å². The molecule has 0 aromatic carbocycles. The molecule has 0 amide bonds. The molecule has 106 valence electrons. The van der Waals surface area contributed by atoms with Gasteiger partial charge in [0.1, 0.15) is 0 Å². The third kappa shape index (κ3) is 2.14. The van der Waals surface area contributed by atoms with Gasteiger partial charge in [0.15, 0.2) is 0 Å². The molecule has 2 fully saturated rings. The van der Waals surface area contributed by atoms with Gasteiger partial charge in [0.25, 0.3) is 0 Å². The Morgan fingerprint density at radius 2 is 1.72 bits per heavy atom. The summed E-state index contributed by atoms with van der Waals surface area (Å²) in [5.41, 5.74) is 1.29.